The molecular formula is C20H23N5. The van der Waals surface area contributed by atoms with Gasteiger partial charge in [0.05, 0.1) is 11.9 Å². The molecule has 1 aliphatic carbocycles. The highest BCUT2D eigenvalue weighted by molar-refractivity contribution is 5.69. The van der Waals surface area contributed by atoms with Crippen LogP contribution < -0.4 is 11.1 Å². The zero-order valence-electron chi connectivity index (χ0n) is 14.4. The van der Waals surface area contributed by atoms with Crippen molar-refractivity contribution in [2.75, 3.05) is 5.32 Å². The standard InChI is InChI=1S/C20H23N5/c1-25-13-17(12-23-25)24-20-11-15(8-9-22-20)14-6-7-18-16(10-14)4-2-3-5-19(18)21/h6-13,19H,2-5,21H2,1H3,(H,22,24). The number of nitrogens with one attached hydrogen (secondary N) is 1. The van der Waals surface area contributed by atoms with Gasteiger partial charge in [0.25, 0.3) is 0 Å². The van der Waals surface area contributed by atoms with Crippen molar-refractivity contribution in [2.24, 2.45) is 12.8 Å². The maximum atomic E-state index is 6.32. The Hall–Kier alpha value is -2.66. The first-order chi connectivity index (χ1) is 12.2. The van der Waals surface area contributed by atoms with Gasteiger partial charge in [0.2, 0.25) is 0 Å². The normalized spacial score (nSPS) is 17.0. The third-order valence-electron chi connectivity index (χ3n) is 4.82. The number of nitrogens with two attached hydrogens (primary N) is 1. The van der Waals surface area contributed by atoms with E-state index in [1.807, 2.05) is 25.5 Å². The van der Waals surface area contributed by atoms with E-state index in [9.17, 15) is 0 Å². The molecule has 3 aromatic rings. The van der Waals surface area contributed by atoms with Gasteiger partial charge in [0.15, 0.2) is 0 Å². The van der Waals surface area contributed by atoms with E-state index < -0.39 is 0 Å². The van der Waals surface area contributed by atoms with Gasteiger partial charge in [0.1, 0.15) is 5.82 Å². The fraction of sp³-hybridized carbons (Fsp3) is 0.300. The maximum absolute atomic E-state index is 6.32. The van der Waals surface area contributed by atoms with Gasteiger partial charge < -0.3 is 11.1 Å². The molecule has 4 rings (SSSR count). The summed E-state index contributed by atoms with van der Waals surface area (Å²) in [6, 6.07) is 11.0. The Bertz CT molecular complexity index is 883. The van der Waals surface area contributed by atoms with Crippen LogP contribution in [-0.4, -0.2) is 14.8 Å². The molecule has 25 heavy (non-hydrogen) atoms. The smallest absolute Gasteiger partial charge is 0.130 e. The molecule has 1 unspecified atom stereocenters. The molecule has 0 aliphatic heterocycles. The van der Waals surface area contributed by atoms with E-state index in [2.05, 4.69) is 39.7 Å². The topological polar surface area (TPSA) is 68.8 Å². The Kier molecular flexibility index (Phi) is 4.24. The highest BCUT2D eigenvalue weighted by Gasteiger charge is 2.15. The lowest BCUT2D eigenvalue weighted by Crippen LogP contribution is -2.10. The Morgan fingerprint density at radius 1 is 1.16 bits per heavy atom. The van der Waals surface area contributed by atoms with Crippen LogP contribution in [-0.2, 0) is 13.5 Å². The molecule has 5 nitrogen and oxygen atoms in total. The number of hydrogen-bond donors (Lipinski definition) is 2. The summed E-state index contributed by atoms with van der Waals surface area (Å²) in [6.45, 7) is 0. The second kappa shape index (κ2) is 6.69. The molecule has 5 heteroatoms. The molecule has 1 aromatic carbocycles. The first kappa shape index (κ1) is 15.8. The van der Waals surface area contributed by atoms with Crippen LogP contribution in [0.5, 0.6) is 0 Å². The zero-order chi connectivity index (χ0) is 17.2. The number of nitrogens with zero attached hydrogens (tertiary/aromatic N) is 3. The van der Waals surface area contributed by atoms with Gasteiger partial charge in [-0.3, -0.25) is 4.68 Å². The van der Waals surface area contributed by atoms with Crippen molar-refractivity contribution in [1.82, 2.24) is 14.8 Å². The molecule has 1 atom stereocenters. The number of rotatable bonds is 3. The molecule has 0 saturated carbocycles. The third-order valence-corrected chi connectivity index (χ3v) is 4.82. The van der Waals surface area contributed by atoms with E-state index >= 15 is 0 Å². The summed E-state index contributed by atoms with van der Waals surface area (Å²) in [7, 11) is 1.90. The van der Waals surface area contributed by atoms with Crippen LogP contribution in [0.25, 0.3) is 11.1 Å². The predicted octanol–water partition coefficient (Wildman–Crippen LogP) is 3.95. The summed E-state index contributed by atoms with van der Waals surface area (Å²) in [6.07, 6.45) is 10.2. The summed E-state index contributed by atoms with van der Waals surface area (Å²) < 4.78 is 1.77. The van der Waals surface area contributed by atoms with Crippen molar-refractivity contribution >= 4 is 11.5 Å². The lowest BCUT2D eigenvalue weighted by Gasteiger charge is -2.14. The molecule has 0 saturated heterocycles. The van der Waals surface area contributed by atoms with Crippen molar-refractivity contribution in [1.29, 1.82) is 0 Å². The fourth-order valence-corrected chi connectivity index (χ4v) is 3.51. The Balaban J connectivity index is 1.63. The predicted molar refractivity (Wildman–Crippen MR) is 101 cm³/mol. The van der Waals surface area contributed by atoms with Crippen LogP contribution in [0.4, 0.5) is 11.5 Å². The minimum atomic E-state index is 0.173. The van der Waals surface area contributed by atoms with Crippen LogP contribution >= 0.6 is 0 Å². The van der Waals surface area contributed by atoms with Crippen LogP contribution in [0.1, 0.15) is 36.4 Å². The van der Waals surface area contributed by atoms with E-state index in [4.69, 9.17) is 5.73 Å². The lowest BCUT2D eigenvalue weighted by atomic mass is 9.95. The van der Waals surface area contributed by atoms with Gasteiger partial charge in [-0.2, -0.15) is 5.10 Å². The third kappa shape index (κ3) is 3.42. The summed E-state index contributed by atoms with van der Waals surface area (Å²) in [5.41, 5.74) is 12.3. The molecule has 128 valence electrons. The largest absolute Gasteiger partial charge is 0.338 e. The SMILES string of the molecule is Cn1cc(Nc2cc(-c3ccc4c(c3)CCCCC4N)ccn2)cn1. The minimum absolute atomic E-state index is 0.173. The molecule has 0 amide bonds. The first-order valence-corrected chi connectivity index (χ1v) is 8.79. The number of benzene rings is 1. The van der Waals surface area contributed by atoms with Gasteiger partial charge in [-0.15, -0.1) is 0 Å². The van der Waals surface area contributed by atoms with Gasteiger partial charge >= 0.3 is 0 Å². The highest BCUT2D eigenvalue weighted by Crippen LogP contribution is 2.31. The summed E-state index contributed by atoms with van der Waals surface area (Å²) >= 11 is 0. The van der Waals surface area contributed by atoms with E-state index in [0.29, 0.717) is 0 Å². The van der Waals surface area contributed by atoms with Crippen molar-refractivity contribution < 1.29 is 0 Å². The summed E-state index contributed by atoms with van der Waals surface area (Å²) in [5.74, 6) is 0.817. The minimum Gasteiger partial charge on any atom is -0.338 e. The van der Waals surface area contributed by atoms with Crippen LogP contribution in [0.2, 0.25) is 0 Å². The van der Waals surface area contributed by atoms with Crippen LogP contribution in [0.3, 0.4) is 0 Å². The number of aryl methyl sites for hydroxylation is 2. The summed E-state index contributed by atoms with van der Waals surface area (Å²) in [5, 5.41) is 7.47. The van der Waals surface area contributed by atoms with Gasteiger partial charge in [-0.1, -0.05) is 24.6 Å². The van der Waals surface area contributed by atoms with Gasteiger partial charge in [-0.25, -0.2) is 4.98 Å². The molecule has 0 bridgehead atoms. The highest BCUT2D eigenvalue weighted by atomic mass is 15.3. The average Bonchev–Trinajstić information content (AvgIpc) is 2.93. The van der Waals surface area contributed by atoms with E-state index in [1.165, 1.54) is 29.5 Å². The van der Waals surface area contributed by atoms with Crippen molar-refractivity contribution in [3.05, 3.63) is 60.0 Å². The molecule has 0 fully saturated rings. The van der Waals surface area contributed by atoms with E-state index in [-0.39, 0.29) is 6.04 Å². The second-order valence-corrected chi connectivity index (χ2v) is 6.72. The van der Waals surface area contributed by atoms with E-state index in [0.717, 1.165) is 29.9 Å². The first-order valence-electron chi connectivity index (χ1n) is 8.79. The molecular weight excluding hydrogens is 310 g/mol. The Labute approximate surface area is 147 Å². The molecule has 0 radical (unpaired) electrons. The molecule has 2 heterocycles. The summed E-state index contributed by atoms with van der Waals surface area (Å²) in [4.78, 5) is 4.42. The number of fused-ring (bicyclic) bond motifs is 1. The lowest BCUT2D eigenvalue weighted by molar-refractivity contribution is 0.615. The number of pyridine rings is 1. The number of hydrogen-bond acceptors (Lipinski definition) is 4. The molecule has 2 aromatic heterocycles. The number of anilines is 2. The quantitative estimate of drug-likeness (QED) is 0.712. The van der Waals surface area contributed by atoms with Crippen LogP contribution in [0, 0.1) is 0 Å². The Morgan fingerprint density at radius 2 is 2.04 bits per heavy atom. The monoisotopic (exact) mass is 333 g/mol. The van der Waals surface area contributed by atoms with Gasteiger partial charge in [0, 0.05) is 25.5 Å². The van der Waals surface area contributed by atoms with Crippen molar-refractivity contribution in [3.63, 3.8) is 0 Å². The fourth-order valence-electron chi connectivity index (χ4n) is 3.51. The van der Waals surface area contributed by atoms with Gasteiger partial charge in [-0.05, 0) is 53.6 Å². The maximum Gasteiger partial charge on any atom is 0.130 e. The average molecular weight is 333 g/mol. The molecule has 0 spiro atoms. The van der Waals surface area contributed by atoms with Crippen molar-refractivity contribution in [2.45, 2.75) is 31.7 Å². The van der Waals surface area contributed by atoms with E-state index in [1.54, 1.807) is 10.9 Å². The second-order valence-electron chi connectivity index (χ2n) is 6.72. The van der Waals surface area contributed by atoms with Crippen LogP contribution in [0.15, 0.2) is 48.9 Å². The molecule has 1 aliphatic rings. The number of aromatic nitrogens is 3. The molecule has 3 N–H and O–H groups in total. The zero-order valence-corrected chi connectivity index (χ0v) is 14.4. The van der Waals surface area contributed by atoms with Crippen molar-refractivity contribution in [3.8, 4) is 11.1 Å². The Morgan fingerprint density at radius 3 is 2.88 bits per heavy atom.